The van der Waals surface area contributed by atoms with E-state index in [1.165, 1.54) is 0 Å². The fraction of sp³-hybridized carbons (Fsp3) is 0.263. The number of rotatable bonds is 8. The van der Waals surface area contributed by atoms with Gasteiger partial charge in [-0.3, -0.25) is 9.59 Å². The van der Waals surface area contributed by atoms with E-state index in [-0.39, 0.29) is 25.5 Å². The van der Waals surface area contributed by atoms with Gasteiger partial charge in [0.25, 0.3) is 5.91 Å². The zero-order valence-electron chi connectivity index (χ0n) is 14.2. The van der Waals surface area contributed by atoms with Gasteiger partial charge in [-0.15, -0.1) is 0 Å². The number of ether oxygens (including phenoxy) is 2. The first-order chi connectivity index (χ1) is 12.5. The second-order valence-electron chi connectivity index (χ2n) is 5.39. The Kier molecular flexibility index (Phi) is 7.75. The molecular weight excluding hydrogens is 377 g/mol. The van der Waals surface area contributed by atoms with Crippen molar-refractivity contribution in [3.05, 3.63) is 64.1 Å². The molecule has 0 aliphatic heterocycles. The standard InChI is InChI=1S/C19H19Cl2NO4/c1-2-25-19(24)11-17(15-5-3-4-6-16(15)21)22-18(23)12-26-14-9-7-13(20)8-10-14/h3-10,17H,2,11-12H2,1H3,(H,22,23). The topological polar surface area (TPSA) is 64.6 Å². The molecule has 0 aliphatic rings. The Morgan fingerprint density at radius 2 is 1.77 bits per heavy atom. The van der Waals surface area contributed by atoms with Gasteiger partial charge in [-0.2, -0.15) is 0 Å². The van der Waals surface area contributed by atoms with Crippen molar-refractivity contribution in [1.82, 2.24) is 5.32 Å². The molecular formula is C19H19Cl2NO4. The summed E-state index contributed by atoms with van der Waals surface area (Å²) in [7, 11) is 0. The summed E-state index contributed by atoms with van der Waals surface area (Å²) in [4.78, 5) is 24.1. The molecule has 1 N–H and O–H groups in total. The van der Waals surface area contributed by atoms with Crippen molar-refractivity contribution in [3.8, 4) is 5.75 Å². The molecule has 0 saturated heterocycles. The summed E-state index contributed by atoms with van der Waals surface area (Å²) in [6.07, 6.45) is -0.0236. The van der Waals surface area contributed by atoms with Crippen molar-refractivity contribution in [2.45, 2.75) is 19.4 Å². The highest BCUT2D eigenvalue weighted by Crippen LogP contribution is 2.25. The van der Waals surface area contributed by atoms with Crippen LogP contribution in [0.2, 0.25) is 10.0 Å². The number of benzene rings is 2. The number of carbonyl (C=O) groups is 2. The number of nitrogens with one attached hydrogen (secondary N) is 1. The first kappa shape index (κ1) is 20.1. The Labute approximate surface area is 162 Å². The molecule has 0 bridgehead atoms. The molecule has 7 heteroatoms. The maximum Gasteiger partial charge on any atom is 0.308 e. The normalized spacial score (nSPS) is 11.5. The Morgan fingerprint density at radius 1 is 1.08 bits per heavy atom. The molecule has 2 rings (SSSR count). The van der Waals surface area contributed by atoms with E-state index in [9.17, 15) is 9.59 Å². The van der Waals surface area contributed by atoms with Crippen LogP contribution in [-0.2, 0) is 14.3 Å². The third-order valence-electron chi connectivity index (χ3n) is 3.48. The van der Waals surface area contributed by atoms with Crippen molar-refractivity contribution < 1.29 is 19.1 Å². The van der Waals surface area contributed by atoms with Crippen molar-refractivity contribution in [3.63, 3.8) is 0 Å². The van der Waals surface area contributed by atoms with Crippen LogP contribution in [-0.4, -0.2) is 25.1 Å². The number of carbonyl (C=O) groups excluding carboxylic acids is 2. The molecule has 1 unspecified atom stereocenters. The Bertz CT molecular complexity index is 749. The maximum atomic E-state index is 12.3. The molecule has 1 atom stereocenters. The summed E-state index contributed by atoms with van der Waals surface area (Å²) in [5.41, 5.74) is 0.641. The summed E-state index contributed by atoms with van der Waals surface area (Å²) >= 11 is 12.0. The summed E-state index contributed by atoms with van der Waals surface area (Å²) in [5.74, 6) is -0.283. The van der Waals surface area contributed by atoms with Gasteiger partial charge < -0.3 is 14.8 Å². The average molecular weight is 396 g/mol. The Hall–Kier alpha value is -2.24. The van der Waals surface area contributed by atoms with Crippen molar-refractivity contribution >= 4 is 35.1 Å². The highest BCUT2D eigenvalue weighted by atomic mass is 35.5. The van der Waals surface area contributed by atoms with Crippen molar-refractivity contribution in [1.29, 1.82) is 0 Å². The van der Waals surface area contributed by atoms with Crippen molar-refractivity contribution in [2.75, 3.05) is 13.2 Å². The van der Waals surface area contributed by atoms with Crippen LogP contribution in [0.4, 0.5) is 0 Å². The highest BCUT2D eigenvalue weighted by molar-refractivity contribution is 6.31. The monoisotopic (exact) mass is 395 g/mol. The number of hydrogen-bond acceptors (Lipinski definition) is 4. The van der Waals surface area contributed by atoms with E-state index >= 15 is 0 Å². The molecule has 2 aromatic rings. The maximum absolute atomic E-state index is 12.3. The predicted octanol–water partition coefficient (Wildman–Crippen LogP) is 4.18. The number of esters is 1. The molecule has 5 nitrogen and oxygen atoms in total. The van der Waals surface area contributed by atoms with Gasteiger partial charge in [-0.1, -0.05) is 41.4 Å². The second kappa shape index (κ2) is 10.0. The molecule has 0 aromatic heterocycles. The third kappa shape index (κ3) is 6.24. The highest BCUT2D eigenvalue weighted by Gasteiger charge is 2.21. The number of amides is 1. The lowest BCUT2D eigenvalue weighted by atomic mass is 10.0. The van der Waals surface area contributed by atoms with E-state index in [4.69, 9.17) is 32.7 Å². The molecule has 0 spiro atoms. The van der Waals surface area contributed by atoms with Crippen LogP contribution in [0.1, 0.15) is 24.9 Å². The first-order valence-corrected chi connectivity index (χ1v) is 8.83. The van der Waals surface area contributed by atoms with Gasteiger partial charge in [0.05, 0.1) is 19.1 Å². The summed E-state index contributed by atoms with van der Waals surface area (Å²) in [6.45, 7) is 1.79. The fourth-order valence-electron chi connectivity index (χ4n) is 2.30. The van der Waals surface area contributed by atoms with Gasteiger partial charge in [0.2, 0.25) is 0 Å². The molecule has 0 fully saturated rings. The van der Waals surface area contributed by atoms with E-state index in [0.717, 1.165) is 0 Å². The minimum absolute atomic E-state index is 0.0236. The number of hydrogen-bond donors (Lipinski definition) is 1. The molecule has 0 radical (unpaired) electrons. The van der Waals surface area contributed by atoms with Crippen LogP contribution in [0.25, 0.3) is 0 Å². The summed E-state index contributed by atoms with van der Waals surface area (Å²) < 4.78 is 10.4. The van der Waals surface area contributed by atoms with Gasteiger partial charge in [-0.25, -0.2) is 0 Å². The van der Waals surface area contributed by atoms with Crippen LogP contribution >= 0.6 is 23.2 Å². The van der Waals surface area contributed by atoms with E-state index in [1.807, 2.05) is 0 Å². The third-order valence-corrected chi connectivity index (χ3v) is 4.07. The lowest BCUT2D eigenvalue weighted by Crippen LogP contribution is -2.34. The molecule has 0 heterocycles. The quantitative estimate of drug-likeness (QED) is 0.680. The van der Waals surface area contributed by atoms with E-state index < -0.39 is 12.0 Å². The van der Waals surface area contributed by atoms with Gasteiger partial charge in [0.1, 0.15) is 5.75 Å². The zero-order chi connectivity index (χ0) is 18.9. The minimum Gasteiger partial charge on any atom is -0.484 e. The van der Waals surface area contributed by atoms with Crippen LogP contribution in [0.15, 0.2) is 48.5 Å². The molecule has 1 amide bonds. The molecule has 2 aromatic carbocycles. The van der Waals surface area contributed by atoms with Gasteiger partial charge in [0.15, 0.2) is 6.61 Å². The minimum atomic E-state index is -0.607. The lowest BCUT2D eigenvalue weighted by Gasteiger charge is -2.19. The summed E-state index contributed by atoms with van der Waals surface area (Å²) in [5, 5.41) is 3.81. The van der Waals surface area contributed by atoms with Crippen molar-refractivity contribution in [2.24, 2.45) is 0 Å². The SMILES string of the molecule is CCOC(=O)CC(NC(=O)COc1ccc(Cl)cc1)c1ccccc1Cl. The predicted molar refractivity (Wildman–Crippen MR) is 101 cm³/mol. The summed E-state index contributed by atoms with van der Waals surface area (Å²) in [6, 6.07) is 13.1. The Morgan fingerprint density at radius 3 is 2.42 bits per heavy atom. The van der Waals surface area contributed by atoms with Crippen LogP contribution in [0.5, 0.6) is 5.75 Å². The molecule has 0 aliphatic carbocycles. The smallest absolute Gasteiger partial charge is 0.308 e. The number of halogens is 2. The Balaban J connectivity index is 2.02. The van der Waals surface area contributed by atoms with E-state index in [0.29, 0.717) is 21.4 Å². The van der Waals surface area contributed by atoms with E-state index in [2.05, 4.69) is 5.32 Å². The van der Waals surface area contributed by atoms with E-state index in [1.54, 1.807) is 55.5 Å². The van der Waals surface area contributed by atoms with Crippen LogP contribution in [0.3, 0.4) is 0 Å². The van der Waals surface area contributed by atoms with Gasteiger partial charge >= 0.3 is 5.97 Å². The lowest BCUT2D eigenvalue weighted by molar-refractivity contribution is -0.143. The van der Waals surface area contributed by atoms with Crippen LogP contribution < -0.4 is 10.1 Å². The molecule has 0 saturated carbocycles. The van der Waals surface area contributed by atoms with Crippen LogP contribution in [0, 0.1) is 0 Å². The fourth-order valence-corrected chi connectivity index (χ4v) is 2.69. The first-order valence-electron chi connectivity index (χ1n) is 8.07. The van der Waals surface area contributed by atoms with Gasteiger partial charge in [0, 0.05) is 10.0 Å². The molecule has 26 heavy (non-hydrogen) atoms. The second-order valence-corrected chi connectivity index (χ2v) is 6.24. The zero-order valence-corrected chi connectivity index (χ0v) is 15.7. The average Bonchev–Trinajstić information content (AvgIpc) is 2.61. The molecule has 138 valence electrons. The van der Waals surface area contributed by atoms with Gasteiger partial charge in [-0.05, 0) is 42.8 Å². The largest absolute Gasteiger partial charge is 0.484 e.